The van der Waals surface area contributed by atoms with Crippen LogP contribution in [-0.4, -0.2) is 38.1 Å². The molecule has 5 heteroatoms. The van der Waals surface area contributed by atoms with Crippen LogP contribution in [0.15, 0.2) is 10.5 Å². The van der Waals surface area contributed by atoms with E-state index in [2.05, 4.69) is 23.5 Å². The van der Waals surface area contributed by atoms with Gasteiger partial charge in [0.15, 0.2) is 0 Å². The number of carbonyl (C=O) groups is 1. The van der Waals surface area contributed by atoms with Crippen LogP contribution in [0.2, 0.25) is 0 Å². The summed E-state index contributed by atoms with van der Waals surface area (Å²) in [4.78, 5) is 13.6. The van der Waals surface area contributed by atoms with Crippen molar-refractivity contribution in [2.45, 2.75) is 27.3 Å². The summed E-state index contributed by atoms with van der Waals surface area (Å²) in [6.45, 7) is 8.20. The Morgan fingerprint density at radius 3 is 2.68 bits per heavy atom. The summed E-state index contributed by atoms with van der Waals surface area (Å²) in [7, 11) is 3.35. The summed E-state index contributed by atoms with van der Waals surface area (Å²) >= 11 is 0. The van der Waals surface area contributed by atoms with Gasteiger partial charge in [-0.3, -0.25) is 4.90 Å². The van der Waals surface area contributed by atoms with Gasteiger partial charge in [-0.25, -0.2) is 4.79 Å². The molecule has 19 heavy (non-hydrogen) atoms. The summed E-state index contributed by atoms with van der Waals surface area (Å²) in [5.41, 5.74) is 6.58. The van der Waals surface area contributed by atoms with Gasteiger partial charge in [0.05, 0.1) is 13.7 Å². The van der Waals surface area contributed by atoms with Crippen molar-refractivity contribution in [2.75, 3.05) is 27.2 Å². The topological polar surface area (TPSA) is 68.7 Å². The minimum absolute atomic E-state index is 0.0571. The number of rotatable bonds is 6. The maximum absolute atomic E-state index is 11.5. The zero-order valence-corrected chi connectivity index (χ0v) is 12.4. The first-order valence-corrected chi connectivity index (χ1v) is 6.35. The van der Waals surface area contributed by atoms with Crippen LogP contribution in [0.4, 0.5) is 0 Å². The fourth-order valence-electron chi connectivity index (χ4n) is 2.04. The van der Waals surface area contributed by atoms with Gasteiger partial charge in [-0.2, -0.15) is 0 Å². The quantitative estimate of drug-likeness (QED) is 0.797. The highest BCUT2D eigenvalue weighted by Gasteiger charge is 2.20. The number of carbonyl (C=O) groups excluding carboxylic acids is 1. The zero-order chi connectivity index (χ0) is 14.6. The van der Waals surface area contributed by atoms with E-state index in [1.807, 2.05) is 20.0 Å². The van der Waals surface area contributed by atoms with E-state index in [0.717, 1.165) is 17.9 Å². The molecule has 0 amide bonds. The maximum atomic E-state index is 11.5. The summed E-state index contributed by atoms with van der Waals surface area (Å²) in [5, 5.41) is 0. The van der Waals surface area contributed by atoms with Crippen LogP contribution in [-0.2, 0) is 11.3 Å². The summed E-state index contributed by atoms with van der Waals surface area (Å²) in [6, 6.07) is 1.87. The van der Waals surface area contributed by atoms with Crippen molar-refractivity contribution in [1.82, 2.24) is 4.90 Å². The van der Waals surface area contributed by atoms with Crippen LogP contribution in [0.25, 0.3) is 0 Å². The van der Waals surface area contributed by atoms with Crippen molar-refractivity contribution in [3.63, 3.8) is 0 Å². The number of nitrogens with two attached hydrogens (primary N) is 1. The number of hydrogen-bond donors (Lipinski definition) is 1. The molecule has 0 aromatic carbocycles. The molecule has 1 aromatic heterocycles. The molecule has 0 aliphatic carbocycles. The molecule has 1 aromatic rings. The molecule has 0 saturated carbocycles. The summed E-state index contributed by atoms with van der Waals surface area (Å²) in [5.74, 6) is 0.603. The molecule has 1 rings (SSSR count). The Kier molecular flexibility index (Phi) is 5.14. The van der Waals surface area contributed by atoms with Crippen LogP contribution < -0.4 is 5.73 Å². The maximum Gasteiger partial charge on any atom is 0.374 e. The Morgan fingerprint density at radius 2 is 2.16 bits per heavy atom. The normalized spacial score (nSPS) is 11.9. The van der Waals surface area contributed by atoms with E-state index in [9.17, 15) is 4.79 Å². The second kappa shape index (κ2) is 6.21. The Balaban J connectivity index is 2.70. The van der Waals surface area contributed by atoms with E-state index < -0.39 is 5.97 Å². The van der Waals surface area contributed by atoms with Gasteiger partial charge in [-0.15, -0.1) is 0 Å². The van der Waals surface area contributed by atoms with Crippen molar-refractivity contribution in [3.05, 3.63) is 23.2 Å². The molecule has 0 unspecified atom stereocenters. The first kappa shape index (κ1) is 15.7. The summed E-state index contributed by atoms with van der Waals surface area (Å²) in [6.07, 6.45) is 0. The number of ether oxygens (including phenoxy) is 1. The van der Waals surface area contributed by atoms with Crippen molar-refractivity contribution < 1.29 is 13.9 Å². The third-order valence-corrected chi connectivity index (χ3v) is 3.02. The molecule has 0 aliphatic heterocycles. The van der Waals surface area contributed by atoms with E-state index in [0.29, 0.717) is 13.1 Å². The molecule has 0 radical (unpaired) electrons. The van der Waals surface area contributed by atoms with Gasteiger partial charge in [0.2, 0.25) is 5.76 Å². The lowest BCUT2D eigenvalue weighted by atomic mass is 9.93. The largest absolute Gasteiger partial charge is 0.463 e. The van der Waals surface area contributed by atoms with Gasteiger partial charge in [0.25, 0.3) is 0 Å². The first-order chi connectivity index (χ1) is 8.79. The van der Waals surface area contributed by atoms with Gasteiger partial charge in [0.1, 0.15) is 5.76 Å². The number of furan rings is 1. The van der Waals surface area contributed by atoms with E-state index >= 15 is 0 Å². The number of hydrogen-bond acceptors (Lipinski definition) is 5. The molecule has 0 bridgehead atoms. The predicted molar refractivity (Wildman–Crippen MR) is 74.0 cm³/mol. The Bertz CT molecular complexity index is 438. The van der Waals surface area contributed by atoms with Gasteiger partial charge >= 0.3 is 5.97 Å². The third-order valence-electron chi connectivity index (χ3n) is 3.02. The minimum atomic E-state index is -0.436. The standard InChI is InChI=1S/C14H24N2O3/c1-10-6-11(19-12(10)13(17)18-5)7-16(4)9-14(2,3)8-15/h6H,7-9,15H2,1-5H3. The number of aryl methyl sites for hydroxylation is 1. The van der Waals surface area contributed by atoms with Gasteiger partial charge in [-0.1, -0.05) is 13.8 Å². The monoisotopic (exact) mass is 268 g/mol. The van der Waals surface area contributed by atoms with E-state index in [1.165, 1.54) is 7.11 Å². The van der Waals surface area contributed by atoms with Gasteiger partial charge in [-0.05, 0) is 32.0 Å². The number of esters is 1. The Labute approximate surface area is 114 Å². The summed E-state index contributed by atoms with van der Waals surface area (Å²) < 4.78 is 10.2. The molecule has 0 spiro atoms. The molecule has 0 saturated heterocycles. The molecule has 0 atom stereocenters. The molecule has 108 valence electrons. The lowest BCUT2D eigenvalue weighted by molar-refractivity contribution is 0.0559. The highest BCUT2D eigenvalue weighted by molar-refractivity contribution is 5.87. The average Bonchev–Trinajstić information content (AvgIpc) is 2.68. The van der Waals surface area contributed by atoms with Crippen LogP contribution in [0.5, 0.6) is 0 Å². The van der Waals surface area contributed by atoms with Crippen molar-refractivity contribution in [2.24, 2.45) is 11.1 Å². The van der Waals surface area contributed by atoms with Crippen LogP contribution in [0.3, 0.4) is 0 Å². The Hall–Kier alpha value is -1.33. The van der Waals surface area contributed by atoms with Gasteiger partial charge in [0, 0.05) is 12.1 Å². The van der Waals surface area contributed by atoms with Crippen molar-refractivity contribution in [3.8, 4) is 0 Å². The molecular weight excluding hydrogens is 244 g/mol. The number of nitrogens with zero attached hydrogens (tertiary/aromatic N) is 1. The van der Waals surface area contributed by atoms with E-state index in [1.54, 1.807) is 0 Å². The van der Waals surface area contributed by atoms with Crippen molar-refractivity contribution in [1.29, 1.82) is 0 Å². The second-order valence-electron chi connectivity index (χ2n) is 5.76. The molecular formula is C14H24N2O3. The van der Waals surface area contributed by atoms with Gasteiger partial charge < -0.3 is 14.9 Å². The zero-order valence-electron chi connectivity index (χ0n) is 12.4. The fraction of sp³-hybridized carbons (Fsp3) is 0.643. The highest BCUT2D eigenvalue weighted by atomic mass is 16.5. The molecule has 0 fully saturated rings. The van der Waals surface area contributed by atoms with Crippen LogP contribution in [0, 0.1) is 12.3 Å². The van der Waals surface area contributed by atoms with Crippen molar-refractivity contribution >= 4 is 5.97 Å². The number of methoxy groups -OCH3 is 1. The van der Waals surface area contributed by atoms with E-state index in [4.69, 9.17) is 10.2 Å². The Morgan fingerprint density at radius 1 is 1.53 bits per heavy atom. The second-order valence-corrected chi connectivity index (χ2v) is 5.76. The highest BCUT2D eigenvalue weighted by Crippen LogP contribution is 2.19. The molecule has 0 aliphatic rings. The fourth-order valence-corrected chi connectivity index (χ4v) is 2.04. The molecule has 2 N–H and O–H groups in total. The average molecular weight is 268 g/mol. The lowest BCUT2D eigenvalue weighted by Crippen LogP contribution is -2.36. The molecule has 1 heterocycles. The van der Waals surface area contributed by atoms with Crippen LogP contribution >= 0.6 is 0 Å². The van der Waals surface area contributed by atoms with Crippen LogP contribution in [0.1, 0.15) is 35.7 Å². The minimum Gasteiger partial charge on any atom is -0.463 e. The SMILES string of the molecule is COC(=O)c1oc(CN(C)CC(C)(C)CN)cc1C. The lowest BCUT2D eigenvalue weighted by Gasteiger charge is -2.28. The molecule has 5 nitrogen and oxygen atoms in total. The van der Waals surface area contributed by atoms with E-state index in [-0.39, 0.29) is 11.2 Å². The third kappa shape index (κ3) is 4.36. The predicted octanol–water partition coefficient (Wildman–Crippen LogP) is 1.79. The smallest absolute Gasteiger partial charge is 0.374 e. The first-order valence-electron chi connectivity index (χ1n) is 6.35.